The van der Waals surface area contributed by atoms with Crippen molar-refractivity contribution in [3.63, 3.8) is 0 Å². The van der Waals surface area contributed by atoms with Crippen LogP contribution in [0.1, 0.15) is 30.2 Å². The standard InChI is InChI=1S/C22H25N3O2/c1-4-17-10-12-18(13-11-17)14-15-20(26)23-21-16(2)24(3)25(22(21)27)19-8-6-5-7-9-19/h5-13H,4,14-15H2,1-3H3,(H,23,26). The lowest BCUT2D eigenvalue weighted by Crippen LogP contribution is -2.23. The number of benzene rings is 2. The van der Waals surface area contributed by atoms with Crippen LogP contribution in [0.25, 0.3) is 5.69 Å². The molecule has 1 heterocycles. The van der Waals surface area contributed by atoms with Crippen molar-refractivity contribution in [3.05, 3.63) is 81.8 Å². The summed E-state index contributed by atoms with van der Waals surface area (Å²) in [4.78, 5) is 25.2. The van der Waals surface area contributed by atoms with Crippen molar-refractivity contribution in [2.24, 2.45) is 7.05 Å². The van der Waals surface area contributed by atoms with Crippen LogP contribution in [0.4, 0.5) is 5.69 Å². The van der Waals surface area contributed by atoms with E-state index in [1.165, 1.54) is 5.56 Å². The second kappa shape index (κ2) is 8.08. The van der Waals surface area contributed by atoms with Crippen molar-refractivity contribution in [1.29, 1.82) is 0 Å². The summed E-state index contributed by atoms with van der Waals surface area (Å²) in [5.74, 6) is -0.152. The zero-order valence-electron chi connectivity index (χ0n) is 16.0. The highest BCUT2D eigenvalue weighted by Crippen LogP contribution is 2.15. The molecular weight excluding hydrogens is 338 g/mol. The zero-order chi connectivity index (χ0) is 19.4. The molecule has 0 spiro atoms. The van der Waals surface area contributed by atoms with E-state index in [0.29, 0.717) is 18.5 Å². The van der Waals surface area contributed by atoms with E-state index >= 15 is 0 Å². The number of hydrogen-bond acceptors (Lipinski definition) is 2. The molecule has 1 amide bonds. The van der Waals surface area contributed by atoms with Gasteiger partial charge in [-0.15, -0.1) is 0 Å². The smallest absolute Gasteiger partial charge is 0.295 e. The number of carbonyl (C=O) groups is 1. The Balaban J connectivity index is 1.73. The second-order valence-electron chi connectivity index (χ2n) is 6.65. The molecule has 0 bridgehead atoms. The molecule has 0 radical (unpaired) electrons. The van der Waals surface area contributed by atoms with Gasteiger partial charge in [-0.1, -0.05) is 49.4 Å². The van der Waals surface area contributed by atoms with Crippen LogP contribution in [0.5, 0.6) is 0 Å². The molecule has 2 aromatic carbocycles. The number of amides is 1. The van der Waals surface area contributed by atoms with Crippen molar-refractivity contribution < 1.29 is 4.79 Å². The molecule has 1 aromatic heterocycles. The topological polar surface area (TPSA) is 56.0 Å². The van der Waals surface area contributed by atoms with Crippen molar-refractivity contribution in [2.75, 3.05) is 5.32 Å². The lowest BCUT2D eigenvalue weighted by atomic mass is 10.1. The van der Waals surface area contributed by atoms with E-state index in [1.807, 2.05) is 44.3 Å². The van der Waals surface area contributed by atoms with E-state index in [0.717, 1.165) is 23.4 Å². The highest BCUT2D eigenvalue weighted by atomic mass is 16.2. The number of carbonyl (C=O) groups excluding carboxylic acids is 1. The molecule has 27 heavy (non-hydrogen) atoms. The van der Waals surface area contributed by atoms with Gasteiger partial charge in [0.05, 0.1) is 11.4 Å². The molecule has 5 heteroatoms. The summed E-state index contributed by atoms with van der Waals surface area (Å²) in [6.45, 7) is 3.95. The van der Waals surface area contributed by atoms with Gasteiger partial charge in [0.25, 0.3) is 5.56 Å². The summed E-state index contributed by atoms with van der Waals surface area (Å²) >= 11 is 0. The predicted molar refractivity (Wildman–Crippen MR) is 109 cm³/mol. The van der Waals surface area contributed by atoms with Crippen LogP contribution in [-0.4, -0.2) is 15.3 Å². The molecule has 0 atom stereocenters. The Bertz CT molecular complexity index is 983. The molecule has 0 fully saturated rings. The fourth-order valence-corrected chi connectivity index (χ4v) is 3.11. The zero-order valence-corrected chi connectivity index (χ0v) is 16.0. The summed E-state index contributed by atoms with van der Waals surface area (Å²) < 4.78 is 3.32. The average Bonchev–Trinajstić information content (AvgIpc) is 2.90. The molecule has 1 N–H and O–H groups in total. The molecule has 0 saturated heterocycles. The molecular formula is C22H25N3O2. The largest absolute Gasteiger partial charge is 0.320 e. The van der Waals surface area contributed by atoms with Gasteiger partial charge in [0, 0.05) is 13.5 Å². The SMILES string of the molecule is CCc1ccc(CCC(=O)Nc2c(C)n(C)n(-c3ccccc3)c2=O)cc1. The monoisotopic (exact) mass is 363 g/mol. The number of hydrogen-bond donors (Lipinski definition) is 1. The first-order valence-electron chi connectivity index (χ1n) is 9.23. The van der Waals surface area contributed by atoms with E-state index in [-0.39, 0.29) is 11.5 Å². The minimum Gasteiger partial charge on any atom is -0.320 e. The van der Waals surface area contributed by atoms with E-state index in [9.17, 15) is 9.59 Å². The Morgan fingerprint density at radius 2 is 1.63 bits per heavy atom. The van der Waals surface area contributed by atoms with E-state index in [2.05, 4.69) is 36.5 Å². The van der Waals surface area contributed by atoms with Crippen molar-refractivity contribution in [3.8, 4) is 5.69 Å². The Labute approximate surface area is 159 Å². The maximum atomic E-state index is 12.8. The number of aryl methyl sites for hydroxylation is 2. The Morgan fingerprint density at radius 3 is 2.26 bits per heavy atom. The molecule has 0 unspecified atom stereocenters. The molecule has 140 valence electrons. The van der Waals surface area contributed by atoms with E-state index in [4.69, 9.17) is 0 Å². The Kier molecular flexibility index (Phi) is 5.60. The highest BCUT2D eigenvalue weighted by molar-refractivity contribution is 5.91. The molecule has 0 aliphatic heterocycles. The molecule has 0 saturated carbocycles. The molecule has 0 aliphatic carbocycles. The lowest BCUT2D eigenvalue weighted by molar-refractivity contribution is -0.116. The maximum Gasteiger partial charge on any atom is 0.295 e. The number of nitrogens with zero attached hydrogens (tertiary/aromatic N) is 2. The third kappa shape index (κ3) is 4.03. The average molecular weight is 363 g/mol. The van der Waals surface area contributed by atoms with Gasteiger partial charge >= 0.3 is 0 Å². The van der Waals surface area contributed by atoms with Gasteiger partial charge in [0.15, 0.2) is 0 Å². The first-order chi connectivity index (χ1) is 13.0. The van der Waals surface area contributed by atoms with Gasteiger partial charge in [0.2, 0.25) is 5.91 Å². The van der Waals surface area contributed by atoms with Gasteiger partial charge in [-0.25, -0.2) is 4.68 Å². The third-order valence-corrected chi connectivity index (χ3v) is 4.89. The maximum absolute atomic E-state index is 12.8. The van der Waals surface area contributed by atoms with Gasteiger partial charge < -0.3 is 5.32 Å². The van der Waals surface area contributed by atoms with E-state index < -0.39 is 0 Å². The van der Waals surface area contributed by atoms with Gasteiger partial charge in [0.1, 0.15) is 5.69 Å². The number of anilines is 1. The first kappa shape index (κ1) is 18.7. The molecule has 5 nitrogen and oxygen atoms in total. The fraction of sp³-hybridized carbons (Fsp3) is 0.273. The van der Waals surface area contributed by atoms with Crippen LogP contribution in [0, 0.1) is 6.92 Å². The fourth-order valence-electron chi connectivity index (χ4n) is 3.11. The highest BCUT2D eigenvalue weighted by Gasteiger charge is 2.17. The first-order valence-corrected chi connectivity index (χ1v) is 9.23. The number of aromatic nitrogens is 2. The summed E-state index contributed by atoms with van der Waals surface area (Å²) in [7, 11) is 1.81. The van der Waals surface area contributed by atoms with Gasteiger partial charge in [-0.2, -0.15) is 0 Å². The van der Waals surface area contributed by atoms with Gasteiger partial charge in [-0.3, -0.25) is 14.3 Å². The minimum absolute atomic E-state index is 0.152. The van der Waals surface area contributed by atoms with Crippen LogP contribution < -0.4 is 10.9 Å². The summed E-state index contributed by atoms with van der Waals surface area (Å²) in [6.07, 6.45) is 1.99. The van der Waals surface area contributed by atoms with Crippen LogP contribution in [-0.2, 0) is 24.7 Å². The number of rotatable bonds is 6. The normalized spacial score (nSPS) is 10.8. The summed E-state index contributed by atoms with van der Waals surface area (Å²) in [5.41, 5.74) is 4.02. The van der Waals surface area contributed by atoms with Crippen molar-refractivity contribution >= 4 is 11.6 Å². The van der Waals surface area contributed by atoms with Crippen molar-refractivity contribution in [2.45, 2.75) is 33.1 Å². The molecule has 0 aliphatic rings. The second-order valence-corrected chi connectivity index (χ2v) is 6.65. The minimum atomic E-state index is -0.221. The van der Waals surface area contributed by atoms with Crippen LogP contribution in [0.3, 0.4) is 0 Å². The molecule has 3 rings (SSSR count). The molecule has 3 aromatic rings. The van der Waals surface area contributed by atoms with E-state index in [1.54, 1.807) is 9.36 Å². The van der Waals surface area contributed by atoms with Gasteiger partial charge in [-0.05, 0) is 43.0 Å². The third-order valence-electron chi connectivity index (χ3n) is 4.89. The van der Waals surface area contributed by atoms with Crippen molar-refractivity contribution in [1.82, 2.24) is 9.36 Å². The number of para-hydroxylation sites is 1. The van der Waals surface area contributed by atoms with Crippen LogP contribution in [0.15, 0.2) is 59.4 Å². The van der Waals surface area contributed by atoms with Crippen LogP contribution >= 0.6 is 0 Å². The Morgan fingerprint density at radius 1 is 1.00 bits per heavy atom. The lowest BCUT2D eigenvalue weighted by Gasteiger charge is -2.07. The predicted octanol–water partition coefficient (Wildman–Crippen LogP) is 3.62. The summed E-state index contributed by atoms with van der Waals surface area (Å²) in [6, 6.07) is 17.7. The number of nitrogens with one attached hydrogen (secondary N) is 1. The quantitative estimate of drug-likeness (QED) is 0.727. The summed E-state index contributed by atoms with van der Waals surface area (Å²) in [5, 5.41) is 2.81. The Hall–Kier alpha value is -3.08. The van der Waals surface area contributed by atoms with Crippen LogP contribution in [0.2, 0.25) is 0 Å².